The fourth-order valence-corrected chi connectivity index (χ4v) is 1.61. The van der Waals surface area contributed by atoms with Gasteiger partial charge < -0.3 is 5.32 Å². The third-order valence-electron chi connectivity index (χ3n) is 2.50. The average molecular weight is 257 g/mol. The van der Waals surface area contributed by atoms with E-state index in [4.69, 9.17) is 0 Å². The van der Waals surface area contributed by atoms with E-state index in [0.29, 0.717) is 5.82 Å². The van der Waals surface area contributed by atoms with Crippen molar-refractivity contribution in [3.63, 3.8) is 0 Å². The van der Waals surface area contributed by atoms with Gasteiger partial charge in [-0.1, -0.05) is 12.1 Å². The van der Waals surface area contributed by atoms with Crippen LogP contribution in [-0.2, 0) is 0 Å². The molecule has 2 rings (SSSR count). The van der Waals surface area contributed by atoms with E-state index in [-0.39, 0.29) is 11.3 Å². The summed E-state index contributed by atoms with van der Waals surface area (Å²) >= 11 is 0. The lowest BCUT2D eigenvalue weighted by atomic mass is 10.1. The summed E-state index contributed by atoms with van der Waals surface area (Å²) in [7, 11) is 0. The van der Waals surface area contributed by atoms with Crippen molar-refractivity contribution < 1.29 is 9.72 Å². The molecular weight excluding hydrogens is 246 g/mol. The quantitative estimate of drug-likeness (QED) is 0.676. The Morgan fingerprint density at radius 1 is 1.32 bits per heavy atom. The molecular formula is C13H11N3O3. The van der Waals surface area contributed by atoms with Crippen molar-refractivity contribution in [1.82, 2.24) is 4.98 Å². The van der Waals surface area contributed by atoms with Crippen molar-refractivity contribution in [2.24, 2.45) is 0 Å². The van der Waals surface area contributed by atoms with E-state index < -0.39 is 10.8 Å². The minimum Gasteiger partial charge on any atom is -0.306 e. The van der Waals surface area contributed by atoms with Crippen LogP contribution in [0.3, 0.4) is 0 Å². The third-order valence-corrected chi connectivity index (χ3v) is 2.50. The molecule has 0 aliphatic rings. The molecule has 1 N–H and O–H groups in total. The number of nitro groups is 1. The molecule has 6 heteroatoms. The Kier molecular flexibility index (Phi) is 3.51. The van der Waals surface area contributed by atoms with E-state index in [1.807, 2.05) is 0 Å². The lowest BCUT2D eigenvalue weighted by molar-refractivity contribution is -0.385. The number of rotatable bonds is 3. The summed E-state index contributed by atoms with van der Waals surface area (Å²) < 4.78 is 0. The van der Waals surface area contributed by atoms with Crippen molar-refractivity contribution in [1.29, 1.82) is 0 Å². The van der Waals surface area contributed by atoms with Crippen LogP contribution in [0.4, 0.5) is 11.5 Å². The highest BCUT2D eigenvalue weighted by Gasteiger charge is 2.20. The predicted octanol–water partition coefficient (Wildman–Crippen LogP) is 2.55. The minimum atomic E-state index is -0.577. The zero-order valence-corrected chi connectivity index (χ0v) is 10.2. The molecule has 6 nitrogen and oxygen atoms in total. The molecule has 19 heavy (non-hydrogen) atoms. The molecule has 0 aliphatic carbocycles. The first-order valence-electron chi connectivity index (χ1n) is 5.55. The molecule has 0 aliphatic heterocycles. The molecule has 0 radical (unpaired) electrons. The first kappa shape index (κ1) is 12.7. The zero-order chi connectivity index (χ0) is 13.8. The van der Waals surface area contributed by atoms with Crippen LogP contribution >= 0.6 is 0 Å². The highest BCUT2D eigenvalue weighted by Crippen LogP contribution is 2.20. The van der Waals surface area contributed by atoms with Gasteiger partial charge in [-0.3, -0.25) is 14.9 Å². The summed E-state index contributed by atoms with van der Waals surface area (Å²) in [5, 5.41) is 13.4. The lowest BCUT2D eigenvalue weighted by Crippen LogP contribution is -2.14. The standard InChI is InChI=1S/C13H11N3O3/c1-9-5-6-11(16(18)19)10(8-9)13(17)15-12-4-2-3-7-14-12/h2-8H,1H3,(H,14,15,17). The maximum absolute atomic E-state index is 12.0. The highest BCUT2D eigenvalue weighted by atomic mass is 16.6. The second-order valence-corrected chi connectivity index (χ2v) is 3.95. The monoisotopic (exact) mass is 257 g/mol. The smallest absolute Gasteiger partial charge is 0.282 e. The van der Waals surface area contributed by atoms with Crippen LogP contribution in [0.1, 0.15) is 15.9 Å². The number of hydrogen-bond donors (Lipinski definition) is 1. The van der Waals surface area contributed by atoms with Crippen LogP contribution in [0.5, 0.6) is 0 Å². The number of carbonyl (C=O) groups is 1. The summed E-state index contributed by atoms with van der Waals surface area (Å²) in [6.45, 7) is 1.77. The van der Waals surface area contributed by atoms with Gasteiger partial charge in [-0.2, -0.15) is 0 Å². The van der Waals surface area contributed by atoms with Crippen LogP contribution in [0.2, 0.25) is 0 Å². The second-order valence-electron chi connectivity index (χ2n) is 3.95. The molecule has 0 atom stereocenters. The molecule has 0 saturated heterocycles. The Hall–Kier alpha value is -2.76. The van der Waals surface area contributed by atoms with E-state index in [2.05, 4.69) is 10.3 Å². The number of aryl methyl sites for hydroxylation is 1. The largest absolute Gasteiger partial charge is 0.306 e. The van der Waals surface area contributed by atoms with Crippen molar-refractivity contribution >= 4 is 17.4 Å². The van der Waals surface area contributed by atoms with Gasteiger partial charge in [0.2, 0.25) is 0 Å². The molecule has 2 aromatic rings. The first-order valence-corrected chi connectivity index (χ1v) is 5.55. The van der Waals surface area contributed by atoms with E-state index in [0.717, 1.165) is 5.56 Å². The number of anilines is 1. The van der Waals surface area contributed by atoms with Gasteiger partial charge in [0, 0.05) is 12.3 Å². The molecule has 0 spiro atoms. The number of aromatic nitrogens is 1. The van der Waals surface area contributed by atoms with Crippen LogP contribution in [0.25, 0.3) is 0 Å². The highest BCUT2D eigenvalue weighted by molar-refractivity contribution is 6.06. The Bertz CT molecular complexity index is 626. The van der Waals surface area contributed by atoms with Crippen molar-refractivity contribution in [3.8, 4) is 0 Å². The van der Waals surface area contributed by atoms with E-state index in [1.54, 1.807) is 31.2 Å². The number of nitrogens with one attached hydrogen (secondary N) is 1. The summed E-state index contributed by atoms with van der Waals surface area (Å²) in [5.74, 6) is -0.197. The first-order chi connectivity index (χ1) is 9.08. The number of nitro benzene ring substituents is 1. The molecule has 0 fully saturated rings. The molecule has 1 aromatic heterocycles. The van der Waals surface area contributed by atoms with Gasteiger partial charge in [-0.15, -0.1) is 0 Å². The Morgan fingerprint density at radius 3 is 2.74 bits per heavy atom. The Labute approximate surface area is 109 Å². The van der Waals surface area contributed by atoms with Gasteiger partial charge in [0.15, 0.2) is 0 Å². The summed E-state index contributed by atoms with van der Waals surface area (Å²) in [4.78, 5) is 26.3. The maximum Gasteiger partial charge on any atom is 0.282 e. The summed E-state index contributed by atoms with van der Waals surface area (Å²) in [5.41, 5.74) is 0.575. The SMILES string of the molecule is Cc1ccc([N+](=O)[O-])c(C(=O)Nc2ccccn2)c1. The number of carbonyl (C=O) groups excluding carboxylic acids is 1. The fraction of sp³-hybridized carbons (Fsp3) is 0.0769. The number of amides is 1. The van der Waals surface area contributed by atoms with Gasteiger partial charge in [-0.05, 0) is 30.7 Å². The number of benzene rings is 1. The van der Waals surface area contributed by atoms with Gasteiger partial charge in [0.25, 0.3) is 11.6 Å². The van der Waals surface area contributed by atoms with Crippen LogP contribution in [-0.4, -0.2) is 15.8 Å². The molecule has 1 aromatic carbocycles. The van der Waals surface area contributed by atoms with Gasteiger partial charge in [0.1, 0.15) is 11.4 Å². The summed E-state index contributed by atoms with van der Waals surface area (Å²) in [6, 6.07) is 9.44. The van der Waals surface area contributed by atoms with Crippen LogP contribution in [0.15, 0.2) is 42.6 Å². The van der Waals surface area contributed by atoms with Crippen molar-refractivity contribution in [3.05, 3.63) is 63.8 Å². The zero-order valence-electron chi connectivity index (χ0n) is 10.2. The molecule has 1 amide bonds. The molecule has 0 unspecified atom stereocenters. The normalized spacial score (nSPS) is 9.95. The number of pyridine rings is 1. The second kappa shape index (κ2) is 5.26. The molecule has 0 bridgehead atoms. The predicted molar refractivity (Wildman–Crippen MR) is 70.0 cm³/mol. The van der Waals surface area contributed by atoms with E-state index in [9.17, 15) is 14.9 Å². The summed E-state index contributed by atoms with van der Waals surface area (Å²) in [6.07, 6.45) is 1.53. The van der Waals surface area contributed by atoms with E-state index in [1.165, 1.54) is 18.3 Å². The molecule has 0 saturated carbocycles. The van der Waals surface area contributed by atoms with Crippen molar-refractivity contribution in [2.75, 3.05) is 5.32 Å². The number of hydrogen-bond acceptors (Lipinski definition) is 4. The maximum atomic E-state index is 12.0. The molecule has 1 heterocycles. The Balaban J connectivity index is 2.33. The van der Waals surface area contributed by atoms with E-state index >= 15 is 0 Å². The molecule has 96 valence electrons. The van der Waals surface area contributed by atoms with Gasteiger partial charge >= 0.3 is 0 Å². The van der Waals surface area contributed by atoms with Gasteiger partial charge in [0.05, 0.1) is 4.92 Å². The van der Waals surface area contributed by atoms with Crippen molar-refractivity contribution in [2.45, 2.75) is 6.92 Å². The average Bonchev–Trinajstić information content (AvgIpc) is 2.39. The van der Waals surface area contributed by atoms with Crippen LogP contribution < -0.4 is 5.32 Å². The lowest BCUT2D eigenvalue weighted by Gasteiger charge is -2.05. The third kappa shape index (κ3) is 2.92. The topological polar surface area (TPSA) is 85.1 Å². The van der Waals surface area contributed by atoms with Gasteiger partial charge in [-0.25, -0.2) is 4.98 Å². The van der Waals surface area contributed by atoms with Crippen LogP contribution in [0, 0.1) is 17.0 Å². The number of nitrogens with zero attached hydrogens (tertiary/aromatic N) is 2. The fourth-order valence-electron chi connectivity index (χ4n) is 1.61. The minimum absolute atomic E-state index is 0.0238. The Morgan fingerprint density at radius 2 is 2.11 bits per heavy atom.